The average molecular weight is 488 g/mol. The van der Waals surface area contributed by atoms with E-state index < -0.39 is 34.6 Å². The number of carbonyl (C=O) groups is 3. The maximum absolute atomic E-state index is 13.8. The van der Waals surface area contributed by atoms with Gasteiger partial charge in [0.15, 0.2) is 0 Å². The Morgan fingerprint density at radius 2 is 1.89 bits per heavy atom. The van der Waals surface area contributed by atoms with Crippen molar-refractivity contribution < 1.29 is 29.0 Å². The molecule has 2 unspecified atom stereocenters. The Kier molecular flexibility index (Phi) is 6.61. The molecule has 9 heteroatoms. The van der Waals surface area contributed by atoms with Gasteiger partial charge in [-0.25, -0.2) is 0 Å². The third-order valence-corrected chi connectivity index (χ3v) is 7.30. The summed E-state index contributed by atoms with van der Waals surface area (Å²) >= 11 is 0. The number of carbonyl (C=O) groups excluding carboxylic acids is 3. The van der Waals surface area contributed by atoms with Gasteiger partial charge in [0.2, 0.25) is 17.7 Å². The molecule has 3 N–H and O–H groups in total. The minimum Gasteiger partial charge on any atom is -0.494 e. The molecular weight excluding hydrogens is 450 g/mol. The van der Waals surface area contributed by atoms with Crippen LogP contribution in [0.1, 0.15) is 53.9 Å². The lowest BCUT2D eigenvalue weighted by Gasteiger charge is -2.35. The Bertz CT molecular complexity index is 990. The molecule has 3 amide bonds. The van der Waals surface area contributed by atoms with Gasteiger partial charge in [0.1, 0.15) is 17.4 Å². The molecule has 2 bridgehead atoms. The first-order chi connectivity index (χ1) is 16.5. The maximum atomic E-state index is 13.8. The Morgan fingerprint density at radius 3 is 2.49 bits per heavy atom. The minimum atomic E-state index is -1.07. The quantitative estimate of drug-likeness (QED) is 0.517. The third-order valence-electron chi connectivity index (χ3n) is 7.30. The number of likely N-dealkylation sites (tertiary alicyclic amines) is 1. The zero-order valence-electron chi connectivity index (χ0n) is 21.2. The van der Waals surface area contributed by atoms with Crippen LogP contribution in [0.2, 0.25) is 0 Å². The van der Waals surface area contributed by atoms with Gasteiger partial charge in [0.25, 0.3) is 0 Å². The SMILES string of the molecule is CCOc1ccc(NC(=O)[C@H]2[C@H]3C(=O)N(CCCO)C(C(=O)NC(C)(C)C)C34CC[C@]2(C)O4)cc1. The van der Waals surface area contributed by atoms with Gasteiger partial charge < -0.3 is 30.1 Å². The summed E-state index contributed by atoms with van der Waals surface area (Å²) in [6, 6.07) is 6.24. The van der Waals surface area contributed by atoms with Crippen LogP contribution in [0.25, 0.3) is 0 Å². The van der Waals surface area contributed by atoms with Crippen LogP contribution in [0.15, 0.2) is 24.3 Å². The number of nitrogens with zero attached hydrogens (tertiary/aromatic N) is 1. The number of aliphatic hydroxyl groups excluding tert-OH is 1. The minimum absolute atomic E-state index is 0.102. The van der Waals surface area contributed by atoms with Gasteiger partial charge >= 0.3 is 0 Å². The van der Waals surface area contributed by atoms with E-state index in [1.165, 1.54) is 4.90 Å². The number of anilines is 1. The molecule has 3 fully saturated rings. The maximum Gasteiger partial charge on any atom is 0.246 e. The molecule has 3 saturated heterocycles. The number of hydrogen-bond acceptors (Lipinski definition) is 6. The van der Waals surface area contributed by atoms with Crippen molar-refractivity contribution in [3.63, 3.8) is 0 Å². The molecule has 3 aliphatic rings. The Balaban J connectivity index is 1.65. The fourth-order valence-corrected chi connectivity index (χ4v) is 6.07. The van der Waals surface area contributed by atoms with Gasteiger partial charge in [-0.05, 0) is 78.1 Å². The first-order valence-corrected chi connectivity index (χ1v) is 12.4. The molecule has 1 aromatic carbocycles. The zero-order chi connectivity index (χ0) is 25.6. The number of benzene rings is 1. The smallest absolute Gasteiger partial charge is 0.246 e. The molecule has 35 heavy (non-hydrogen) atoms. The van der Waals surface area contributed by atoms with E-state index in [1.54, 1.807) is 24.3 Å². The molecule has 0 aromatic heterocycles. The lowest BCUT2D eigenvalue weighted by Crippen LogP contribution is -2.58. The summed E-state index contributed by atoms with van der Waals surface area (Å²) in [4.78, 5) is 42.4. The van der Waals surface area contributed by atoms with Crippen molar-refractivity contribution in [2.45, 2.75) is 76.7 Å². The van der Waals surface area contributed by atoms with Gasteiger partial charge in [0, 0.05) is 24.4 Å². The van der Waals surface area contributed by atoms with Crippen molar-refractivity contribution in [2.75, 3.05) is 25.1 Å². The predicted octanol–water partition coefficient (Wildman–Crippen LogP) is 2.09. The van der Waals surface area contributed by atoms with Crippen molar-refractivity contribution in [1.29, 1.82) is 0 Å². The van der Waals surface area contributed by atoms with Crippen LogP contribution < -0.4 is 15.4 Å². The van der Waals surface area contributed by atoms with E-state index in [0.717, 1.165) is 0 Å². The van der Waals surface area contributed by atoms with Crippen LogP contribution in [0.5, 0.6) is 5.75 Å². The molecule has 1 aromatic rings. The van der Waals surface area contributed by atoms with Crippen LogP contribution in [0, 0.1) is 11.8 Å². The number of hydrogen-bond donors (Lipinski definition) is 3. The average Bonchev–Trinajstić information content (AvgIpc) is 3.33. The number of nitrogens with one attached hydrogen (secondary N) is 2. The van der Waals surface area contributed by atoms with E-state index in [9.17, 15) is 19.5 Å². The van der Waals surface area contributed by atoms with Gasteiger partial charge in [-0.15, -0.1) is 0 Å². The summed E-state index contributed by atoms with van der Waals surface area (Å²) in [5, 5.41) is 15.4. The highest BCUT2D eigenvalue weighted by atomic mass is 16.5. The number of amides is 3. The van der Waals surface area contributed by atoms with E-state index in [-0.39, 0.29) is 30.9 Å². The summed E-state index contributed by atoms with van der Waals surface area (Å²) < 4.78 is 12.0. The lowest BCUT2D eigenvalue weighted by atomic mass is 9.66. The normalized spacial score (nSPS) is 31.4. The van der Waals surface area contributed by atoms with E-state index >= 15 is 0 Å². The molecule has 9 nitrogen and oxygen atoms in total. The Hall–Kier alpha value is -2.65. The summed E-state index contributed by atoms with van der Waals surface area (Å²) in [7, 11) is 0. The molecule has 0 saturated carbocycles. The van der Waals surface area contributed by atoms with Crippen LogP contribution in [-0.2, 0) is 19.1 Å². The molecule has 1 spiro atoms. The van der Waals surface area contributed by atoms with Gasteiger partial charge in [-0.3, -0.25) is 14.4 Å². The molecule has 3 aliphatic heterocycles. The molecule has 192 valence electrons. The largest absolute Gasteiger partial charge is 0.494 e. The Labute approximate surface area is 206 Å². The highest BCUT2D eigenvalue weighted by molar-refractivity contribution is 6.02. The van der Waals surface area contributed by atoms with Crippen LogP contribution in [0.3, 0.4) is 0 Å². The summed E-state index contributed by atoms with van der Waals surface area (Å²) in [6.07, 6.45) is 1.43. The number of rotatable bonds is 8. The molecule has 0 aliphatic carbocycles. The van der Waals surface area contributed by atoms with Crippen molar-refractivity contribution in [3.8, 4) is 5.75 Å². The summed E-state index contributed by atoms with van der Waals surface area (Å²) in [5.74, 6) is -1.64. The monoisotopic (exact) mass is 487 g/mol. The van der Waals surface area contributed by atoms with Gasteiger partial charge in [-0.1, -0.05) is 0 Å². The molecule has 4 rings (SSSR count). The van der Waals surface area contributed by atoms with Crippen molar-refractivity contribution in [1.82, 2.24) is 10.2 Å². The van der Waals surface area contributed by atoms with Crippen LogP contribution >= 0.6 is 0 Å². The van der Waals surface area contributed by atoms with Crippen LogP contribution in [0.4, 0.5) is 5.69 Å². The predicted molar refractivity (Wildman–Crippen MR) is 130 cm³/mol. The van der Waals surface area contributed by atoms with Gasteiger partial charge in [-0.2, -0.15) is 0 Å². The molecular formula is C26H37N3O6. The highest BCUT2D eigenvalue weighted by Crippen LogP contribution is 2.63. The number of ether oxygens (including phenoxy) is 2. The zero-order valence-corrected chi connectivity index (χ0v) is 21.2. The third kappa shape index (κ3) is 4.40. The fraction of sp³-hybridized carbons (Fsp3) is 0.654. The van der Waals surface area contributed by atoms with Crippen molar-refractivity contribution in [2.24, 2.45) is 11.8 Å². The van der Waals surface area contributed by atoms with Crippen LogP contribution in [-0.4, -0.2) is 70.3 Å². The lowest BCUT2D eigenvalue weighted by molar-refractivity contribution is -0.146. The first-order valence-electron chi connectivity index (χ1n) is 12.4. The Morgan fingerprint density at radius 1 is 1.20 bits per heavy atom. The van der Waals surface area contributed by atoms with E-state index in [0.29, 0.717) is 37.3 Å². The first kappa shape index (κ1) is 25.4. The molecule has 3 heterocycles. The van der Waals surface area contributed by atoms with E-state index in [1.807, 2.05) is 34.6 Å². The van der Waals surface area contributed by atoms with Crippen molar-refractivity contribution >= 4 is 23.4 Å². The molecule has 0 radical (unpaired) electrons. The molecule has 5 atom stereocenters. The standard InChI is InChI=1S/C26H37N3O6/c1-6-34-17-10-8-16(9-11-17)27-21(31)18-19-23(33)29(14-7-15-30)20(22(32)28-24(2,3)4)26(19)13-12-25(18,5)35-26/h8-11,18-20,30H,6-7,12-15H2,1-5H3,(H,27,31)(H,28,32)/t18-,19+,20?,25+,26?/m1/s1. The second-order valence-corrected chi connectivity index (χ2v) is 11.0. The summed E-state index contributed by atoms with van der Waals surface area (Å²) in [5.41, 5.74) is -1.82. The van der Waals surface area contributed by atoms with E-state index in [2.05, 4.69) is 10.6 Å². The highest BCUT2D eigenvalue weighted by Gasteiger charge is 2.77. The second-order valence-electron chi connectivity index (χ2n) is 11.0. The summed E-state index contributed by atoms with van der Waals surface area (Å²) in [6.45, 7) is 10.1. The van der Waals surface area contributed by atoms with E-state index in [4.69, 9.17) is 9.47 Å². The fourth-order valence-electron chi connectivity index (χ4n) is 6.07. The number of fused-ring (bicyclic) bond motifs is 1. The second kappa shape index (κ2) is 9.09. The van der Waals surface area contributed by atoms with Gasteiger partial charge in [0.05, 0.1) is 24.0 Å². The van der Waals surface area contributed by atoms with Crippen molar-refractivity contribution in [3.05, 3.63) is 24.3 Å². The topological polar surface area (TPSA) is 117 Å². The number of aliphatic hydroxyl groups is 1.